The third-order valence-electron chi connectivity index (χ3n) is 9.10. The number of carbonyl (C=O) groups excluding carboxylic acids is 2. The summed E-state index contributed by atoms with van der Waals surface area (Å²) in [4.78, 5) is 35.4. The second kappa shape index (κ2) is 41.3. The molecule has 0 saturated carbocycles. The van der Waals surface area contributed by atoms with Crippen molar-refractivity contribution in [3.05, 3.63) is 97.2 Å². The van der Waals surface area contributed by atoms with E-state index >= 15 is 0 Å². The molecule has 0 aromatic rings. The summed E-state index contributed by atoms with van der Waals surface area (Å²) in [6.45, 7) is 4.19. The smallest absolute Gasteiger partial charge is 0.462 e. The van der Waals surface area contributed by atoms with Crippen LogP contribution in [0.5, 0.6) is 0 Å². The van der Waals surface area contributed by atoms with E-state index < -0.39 is 32.5 Å². The Bertz CT molecular complexity index is 1340. The number of esters is 2. The maximum atomic E-state index is 12.7. The second-order valence-electron chi connectivity index (χ2n) is 16.0. The van der Waals surface area contributed by atoms with Crippen LogP contribution in [0.1, 0.15) is 155 Å². The number of likely N-dealkylation sites (N-methyl/N-ethyl adjacent to an activating group) is 1. The number of carbonyl (C=O) groups is 2. The van der Waals surface area contributed by atoms with E-state index in [-0.39, 0.29) is 26.1 Å². The molecule has 9 nitrogen and oxygen atoms in total. The van der Waals surface area contributed by atoms with Crippen LogP contribution in [0.15, 0.2) is 97.2 Å². The molecule has 10 heteroatoms. The normalized spacial score (nSPS) is 14.4. The first-order valence-corrected chi connectivity index (χ1v) is 24.5. The van der Waals surface area contributed by atoms with Gasteiger partial charge in [-0.3, -0.25) is 18.6 Å². The lowest BCUT2D eigenvalue weighted by atomic mass is 10.1. The highest BCUT2D eigenvalue weighted by Gasteiger charge is 2.27. The molecule has 2 atom stereocenters. The molecular weight excluding hydrogens is 774 g/mol. The molecule has 0 rings (SSSR count). The molecular formula is C50H85NO8P+. The molecule has 0 aromatic heterocycles. The fourth-order valence-electron chi connectivity index (χ4n) is 5.53. The average Bonchev–Trinajstić information content (AvgIpc) is 3.20. The van der Waals surface area contributed by atoms with Crippen LogP contribution in [0.2, 0.25) is 0 Å². The fraction of sp³-hybridized carbons (Fsp3) is 0.640. The Morgan fingerprint density at radius 2 is 0.967 bits per heavy atom. The molecule has 0 aromatic carbocycles. The summed E-state index contributed by atoms with van der Waals surface area (Å²) in [6, 6.07) is 0. The molecule has 0 radical (unpaired) electrons. The molecule has 0 aliphatic heterocycles. The predicted octanol–water partition coefficient (Wildman–Crippen LogP) is 13.4. The highest BCUT2D eigenvalue weighted by atomic mass is 31.2. The first-order valence-electron chi connectivity index (χ1n) is 23.0. The Kier molecular flexibility index (Phi) is 39.2. The quantitative estimate of drug-likeness (QED) is 0.0213. The first kappa shape index (κ1) is 56.9. The number of rotatable bonds is 40. The highest BCUT2D eigenvalue weighted by Crippen LogP contribution is 2.43. The molecule has 0 fully saturated rings. The molecule has 1 N–H and O–H groups in total. The van der Waals surface area contributed by atoms with Gasteiger partial charge < -0.3 is 18.9 Å². The van der Waals surface area contributed by atoms with Crippen molar-refractivity contribution in [2.45, 2.75) is 161 Å². The molecule has 2 unspecified atom stereocenters. The minimum Gasteiger partial charge on any atom is -0.462 e. The van der Waals surface area contributed by atoms with Gasteiger partial charge in [0.25, 0.3) is 0 Å². The third kappa shape index (κ3) is 44.5. The summed E-state index contributed by atoms with van der Waals surface area (Å²) in [7, 11) is 1.42. The molecule has 0 heterocycles. The molecule has 60 heavy (non-hydrogen) atoms. The lowest BCUT2D eigenvalue weighted by Crippen LogP contribution is -2.37. The zero-order valence-corrected chi connectivity index (χ0v) is 39.3. The van der Waals surface area contributed by atoms with Crippen molar-refractivity contribution in [1.29, 1.82) is 0 Å². The number of unbranched alkanes of at least 4 members (excludes halogenated alkanes) is 10. The van der Waals surface area contributed by atoms with E-state index in [1.54, 1.807) is 0 Å². The minimum absolute atomic E-state index is 0.0140. The van der Waals surface area contributed by atoms with Gasteiger partial charge in [-0.2, -0.15) is 0 Å². The molecule has 342 valence electrons. The van der Waals surface area contributed by atoms with E-state index in [0.717, 1.165) is 77.0 Å². The van der Waals surface area contributed by atoms with Gasteiger partial charge in [0, 0.05) is 12.8 Å². The van der Waals surface area contributed by atoms with Gasteiger partial charge in [-0.25, -0.2) is 4.57 Å². The van der Waals surface area contributed by atoms with E-state index in [4.69, 9.17) is 18.5 Å². The molecule has 0 amide bonds. The minimum atomic E-state index is -4.40. The first-order chi connectivity index (χ1) is 29.0. The van der Waals surface area contributed by atoms with Gasteiger partial charge in [-0.05, 0) is 89.9 Å². The highest BCUT2D eigenvalue weighted by molar-refractivity contribution is 7.47. The van der Waals surface area contributed by atoms with Gasteiger partial charge in [0.15, 0.2) is 6.10 Å². The molecule has 0 bridgehead atoms. The van der Waals surface area contributed by atoms with Crippen molar-refractivity contribution in [2.75, 3.05) is 47.5 Å². The summed E-state index contributed by atoms with van der Waals surface area (Å²) < 4.78 is 34.2. The summed E-state index contributed by atoms with van der Waals surface area (Å²) in [6.07, 6.45) is 54.7. The number of hydrogen-bond acceptors (Lipinski definition) is 7. The van der Waals surface area contributed by atoms with Crippen LogP contribution in [-0.4, -0.2) is 74.9 Å². The lowest BCUT2D eigenvalue weighted by Gasteiger charge is -2.24. The number of phosphoric acid groups is 1. The van der Waals surface area contributed by atoms with Crippen LogP contribution in [0.25, 0.3) is 0 Å². The number of ether oxygens (including phenoxy) is 2. The van der Waals surface area contributed by atoms with Gasteiger partial charge in [-0.15, -0.1) is 0 Å². The van der Waals surface area contributed by atoms with Crippen LogP contribution >= 0.6 is 7.82 Å². The molecule has 0 aliphatic rings. The van der Waals surface area contributed by atoms with Crippen molar-refractivity contribution in [1.82, 2.24) is 0 Å². The van der Waals surface area contributed by atoms with Crippen LogP contribution in [0.4, 0.5) is 0 Å². The fourth-order valence-corrected chi connectivity index (χ4v) is 6.27. The summed E-state index contributed by atoms with van der Waals surface area (Å²) in [5, 5.41) is 0. The SMILES string of the molecule is CC/C=C\C/C=C\C/C=C\C/C=C\C/C=C\C/C=C\C/C=C\CCCC(=O)OC(COC(=O)CCCCCCC/C=C\CCCCCC)COP(=O)(O)OCC[N+](C)(C)C. The van der Waals surface area contributed by atoms with E-state index in [0.29, 0.717) is 30.3 Å². The molecule has 0 aliphatic carbocycles. The number of quaternary nitrogens is 1. The van der Waals surface area contributed by atoms with Gasteiger partial charge in [-0.1, -0.05) is 150 Å². The molecule has 0 spiro atoms. The monoisotopic (exact) mass is 859 g/mol. The Balaban J connectivity index is 4.47. The summed E-state index contributed by atoms with van der Waals surface area (Å²) in [5.74, 6) is -0.888. The van der Waals surface area contributed by atoms with Crippen LogP contribution < -0.4 is 0 Å². The van der Waals surface area contributed by atoms with Crippen molar-refractivity contribution in [2.24, 2.45) is 0 Å². The largest absolute Gasteiger partial charge is 0.472 e. The number of nitrogens with zero attached hydrogens (tertiary/aromatic N) is 1. The number of hydrogen-bond donors (Lipinski definition) is 1. The van der Waals surface area contributed by atoms with Gasteiger partial charge in [0.2, 0.25) is 0 Å². The van der Waals surface area contributed by atoms with Crippen LogP contribution in [0.3, 0.4) is 0 Å². The van der Waals surface area contributed by atoms with Crippen molar-refractivity contribution in [3.63, 3.8) is 0 Å². The Hall–Kier alpha value is -3.07. The Morgan fingerprint density at radius 3 is 1.48 bits per heavy atom. The van der Waals surface area contributed by atoms with E-state index in [1.807, 2.05) is 27.2 Å². The van der Waals surface area contributed by atoms with Crippen LogP contribution in [0, 0.1) is 0 Å². The third-order valence-corrected chi connectivity index (χ3v) is 10.1. The molecule has 0 saturated heterocycles. The maximum Gasteiger partial charge on any atom is 0.472 e. The van der Waals surface area contributed by atoms with E-state index in [2.05, 4.69) is 105 Å². The topological polar surface area (TPSA) is 108 Å². The van der Waals surface area contributed by atoms with Crippen LogP contribution in [-0.2, 0) is 32.7 Å². The van der Waals surface area contributed by atoms with Gasteiger partial charge in [0.1, 0.15) is 19.8 Å². The lowest BCUT2D eigenvalue weighted by molar-refractivity contribution is -0.870. The van der Waals surface area contributed by atoms with Gasteiger partial charge >= 0.3 is 19.8 Å². The second-order valence-corrected chi connectivity index (χ2v) is 17.5. The van der Waals surface area contributed by atoms with E-state index in [1.165, 1.54) is 32.1 Å². The van der Waals surface area contributed by atoms with E-state index in [9.17, 15) is 19.0 Å². The predicted molar refractivity (Wildman–Crippen MR) is 252 cm³/mol. The van der Waals surface area contributed by atoms with Crippen molar-refractivity contribution < 1.29 is 42.1 Å². The number of allylic oxidation sites excluding steroid dienone is 16. The van der Waals surface area contributed by atoms with Gasteiger partial charge in [0.05, 0.1) is 27.7 Å². The van der Waals surface area contributed by atoms with Crippen molar-refractivity contribution >= 4 is 19.8 Å². The standard InChI is InChI=1S/C50H84NO8P/c1-6-8-10-12-14-16-18-20-21-22-23-24-25-26-27-28-29-31-33-35-37-39-41-43-50(53)59-48(47-58-60(54,55)57-45-44-51(3,4)5)46-56-49(52)42-40-38-36-34-32-30-19-17-15-13-11-9-7-2/h8,10,14,16-17,19-21,23-24,26-27,29,31,35,37,48H,6-7,9,11-13,15,18,22,25,28,30,32-34,36,38-47H2,1-5H3/p+1/b10-8-,16-14-,19-17-,21-20-,24-23-,27-26-,31-29-,37-35-. The Labute approximate surface area is 366 Å². The zero-order valence-electron chi connectivity index (χ0n) is 38.4. The Morgan fingerprint density at radius 1 is 0.533 bits per heavy atom. The summed E-state index contributed by atoms with van der Waals surface area (Å²) >= 11 is 0. The summed E-state index contributed by atoms with van der Waals surface area (Å²) in [5.41, 5.74) is 0. The maximum absolute atomic E-state index is 12.7. The zero-order chi connectivity index (χ0) is 44.3. The number of phosphoric ester groups is 1. The van der Waals surface area contributed by atoms with Crippen molar-refractivity contribution in [3.8, 4) is 0 Å². The average molecular weight is 859 g/mol.